The molecule has 1 unspecified atom stereocenters. The van der Waals surface area contributed by atoms with Gasteiger partial charge in [0.15, 0.2) is 11.3 Å². The Balaban J connectivity index is 1.70. The number of rotatable bonds is 6. The fourth-order valence-corrected chi connectivity index (χ4v) is 4.21. The van der Waals surface area contributed by atoms with Crippen LogP contribution in [-0.4, -0.2) is 35.1 Å². The third-order valence-electron chi connectivity index (χ3n) is 4.86. The van der Waals surface area contributed by atoms with Crippen LogP contribution in [0, 0.1) is 0 Å². The highest BCUT2D eigenvalue weighted by Crippen LogP contribution is 2.22. The third-order valence-corrected chi connectivity index (χ3v) is 5.81. The summed E-state index contributed by atoms with van der Waals surface area (Å²) in [6.45, 7) is 2.15. The zero-order chi connectivity index (χ0) is 20.9. The summed E-state index contributed by atoms with van der Waals surface area (Å²) in [4.78, 5) is 17.8. The molecule has 154 valence electrons. The van der Waals surface area contributed by atoms with Crippen LogP contribution >= 0.6 is 11.8 Å². The van der Waals surface area contributed by atoms with E-state index in [1.165, 1.54) is 0 Å². The van der Waals surface area contributed by atoms with Crippen molar-refractivity contribution in [2.45, 2.75) is 25.9 Å². The van der Waals surface area contributed by atoms with Crippen LogP contribution in [0.25, 0.3) is 11.8 Å². The Morgan fingerprint density at radius 1 is 1.20 bits per heavy atom. The molecule has 2 aromatic rings. The first kappa shape index (κ1) is 20.2. The monoisotopic (exact) mass is 420 g/mol. The van der Waals surface area contributed by atoms with Crippen LogP contribution in [0.4, 0.5) is 0 Å². The number of nitrogens with zero attached hydrogens (tertiary/aromatic N) is 3. The zero-order valence-electron chi connectivity index (χ0n) is 17.0. The largest absolute Gasteiger partial charge is 0.497 e. The number of nitrogens with one attached hydrogen (secondary N) is 1. The van der Waals surface area contributed by atoms with Crippen molar-refractivity contribution in [3.05, 3.63) is 70.7 Å². The fourth-order valence-electron chi connectivity index (χ4n) is 3.27. The van der Waals surface area contributed by atoms with Crippen molar-refractivity contribution in [3.63, 3.8) is 0 Å². The molecule has 0 spiro atoms. The van der Waals surface area contributed by atoms with Crippen LogP contribution in [0.15, 0.2) is 64.7 Å². The molecule has 0 aromatic heterocycles. The van der Waals surface area contributed by atoms with Crippen LogP contribution in [0.3, 0.4) is 0 Å². The van der Waals surface area contributed by atoms with Gasteiger partial charge in [-0.15, -0.1) is 5.10 Å². The number of amides is 1. The summed E-state index contributed by atoms with van der Waals surface area (Å²) in [6.07, 6.45) is 5.74. The normalized spacial score (nSPS) is 17.7. The van der Waals surface area contributed by atoms with Gasteiger partial charge >= 0.3 is 0 Å². The Labute approximate surface area is 180 Å². The number of methoxy groups -OCH3 is 1. The van der Waals surface area contributed by atoms with Crippen molar-refractivity contribution >= 4 is 34.6 Å². The lowest BCUT2D eigenvalue weighted by atomic mass is 10.1. The van der Waals surface area contributed by atoms with Crippen molar-refractivity contribution in [1.29, 1.82) is 0 Å². The van der Waals surface area contributed by atoms with Crippen LogP contribution in [0.1, 0.15) is 25.3 Å². The number of hydrazone groups is 1. The molecular formula is C23H24N4O2S. The summed E-state index contributed by atoms with van der Waals surface area (Å²) in [5, 5.41) is 11.6. The van der Waals surface area contributed by atoms with Crippen molar-refractivity contribution in [2.75, 3.05) is 12.9 Å². The Morgan fingerprint density at radius 3 is 2.77 bits per heavy atom. The Bertz CT molecular complexity index is 1110. The van der Waals surface area contributed by atoms with E-state index in [-0.39, 0.29) is 5.91 Å². The number of carbonyl (C=O) groups is 1. The second kappa shape index (κ2) is 9.17. The highest BCUT2D eigenvalue weighted by Gasteiger charge is 2.32. The predicted octanol–water partition coefficient (Wildman–Crippen LogP) is 2.71. The number of hydrogen-bond donors (Lipinski definition) is 1. The average Bonchev–Trinajstić information content (AvgIpc) is 2.78. The van der Waals surface area contributed by atoms with Crippen LogP contribution in [-0.2, 0) is 4.79 Å². The first-order valence-electron chi connectivity index (χ1n) is 10.0. The first-order chi connectivity index (χ1) is 14.7. The predicted molar refractivity (Wildman–Crippen MR) is 121 cm³/mol. The van der Waals surface area contributed by atoms with Gasteiger partial charge in [-0.25, -0.2) is 5.01 Å². The quantitative estimate of drug-likeness (QED) is 0.730. The molecule has 1 amide bonds. The molecular weight excluding hydrogens is 396 g/mol. The van der Waals surface area contributed by atoms with Crippen LogP contribution in [0.5, 0.6) is 5.75 Å². The molecule has 2 aromatic carbocycles. The summed E-state index contributed by atoms with van der Waals surface area (Å²) in [5.41, 5.74) is 1.55. The summed E-state index contributed by atoms with van der Waals surface area (Å²) in [6, 6.07) is 15.5. The van der Waals surface area contributed by atoms with Gasteiger partial charge in [0.05, 0.1) is 12.5 Å². The van der Waals surface area contributed by atoms with E-state index in [0.717, 1.165) is 40.5 Å². The summed E-state index contributed by atoms with van der Waals surface area (Å²) < 4.78 is 5.22. The number of benzene rings is 2. The van der Waals surface area contributed by atoms with E-state index in [4.69, 9.17) is 14.8 Å². The van der Waals surface area contributed by atoms with Crippen molar-refractivity contribution in [3.8, 4) is 5.75 Å². The maximum Gasteiger partial charge on any atom is 0.276 e. The van der Waals surface area contributed by atoms with E-state index in [0.29, 0.717) is 10.9 Å². The number of fused-ring (bicyclic) bond motifs is 2. The Morgan fingerprint density at radius 2 is 2.00 bits per heavy atom. The maximum atomic E-state index is 13.0. The Kier molecular flexibility index (Phi) is 6.18. The Hall–Kier alpha value is -3.06. The number of ether oxygens (including phenoxy) is 1. The molecule has 1 N–H and O–H groups in total. The average molecular weight is 421 g/mol. The minimum absolute atomic E-state index is 0.144. The second-order valence-corrected chi connectivity index (χ2v) is 8.03. The number of amidine groups is 1. The summed E-state index contributed by atoms with van der Waals surface area (Å²) in [5.74, 6) is 1.58. The third kappa shape index (κ3) is 4.26. The molecule has 0 bridgehead atoms. The van der Waals surface area contributed by atoms with Gasteiger partial charge in [-0.05, 0) is 36.3 Å². The van der Waals surface area contributed by atoms with E-state index in [1.54, 1.807) is 23.9 Å². The molecule has 0 saturated carbocycles. The standard InChI is InChI=1S/C23H24N4O2S/c1-3-4-15-30-23-25-22(28)21-18-7-5-6-8-19(18)24-20(27(21)26-23)14-11-16-9-12-17(29-2)13-10-16/h5-14,20H,3-4,15H2,1-2H3,(H,25,26,28)/b14-11+. The second-order valence-electron chi connectivity index (χ2n) is 6.95. The fraction of sp³-hybridized carbons (Fsp3) is 0.261. The number of hydrogen-bond acceptors (Lipinski definition) is 6. The number of unbranched alkanes of at least 4 members (excludes halogenated alkanes) is 1. The van der Waals surface area contributed by atoms with E-state index in [1.807, 2.05) is 60.7 Å². The summed E-state index contributed by atoms with van der Waals surface area (Å²) >= 11 is 1.57. The van der Waals surface area contributed by atoms with Crippen molar-refractivity contribution in [1.82, 2.24) is 10.3 Å². The molecule has 2 aliphatic rings. The van der Waals surface area contributed by atoms with Gasteiger partial charge in [-0.1, -0.05) is 61.5 Å². The topological polar surface area (TPSA) is 66.3 Å². The van der Waals surface area contributed by atoms with Gasteiger partial charge in [0.2, 0.25) is 0 Å². The lowest BCUT2D eigenvalue weighted by Crippen LogP contribution is -2.52. The molecule has 0 saturated heterocycles. The SMILES string of the molecule is CCCCSC1=NN2C(=c3ccccc3=NC2/C=C/c2ccc(OC)cc2)C(=O)N1. The lowest BCUT2D eigenvalue weighted by Gasteiger charge is -2.32. The molecule has 0 radical (unpaired) electrons. The first-order valence-corrected chi connectivity index (χ1v) is 11.0. The van der Waals surface area contributed by atoms with Crippen molar-refractivity contribution in [2.24, 2.45) is 10.1 Å². The van der Waals surface area contributed by atoms with Crippen LogP contribution < -0.4 is 20.6 Å². The molecule has 2 aliphatic heterocycles. The number of thioether (sulfide) groups is 1. The molecule has 2 heterocycles. The summed E-state index contributed by atoms with van der Waals surface area (Å²) in [7, 11) is 1.65. The van der Waals surface area contributed by atoms with E-state index >= 15 is 0 Å². The maximum absolute atomic E-state index is 13.0. The minimum atomic E-state index is -0.398. The molecule has 6 nitrogen and oxygen atoms in total. The highest BCUT2D eigenvalue weighted by molar-refractivity contribution is 8.13. The van der Waals surface area contributed by atoms with Crippen LogP contribution in [0.2, 0.25) is 0 Å². The smallest absolute Gasteiger partial charge is 0.276 e. The van der Waals surface area contributed by atoms with Gasteiger partial charge in [0.25, 0.3) is 5.91 Å². The molecule has 4 rings (SSSR count). The van der Waals surface area contributed by atoms with Gasteiger partial charge in [-0.3, -0.25) is 15.1 Å². The van der Waals surface area contributed by atoms with E-state index < -0.39 is 6.17 Å². The van der Waals surface area contributed by atoms with Gasteiger partial charge < -0.3 is 4.74 Å². The van der Waals surface area contributed by atoms with Gasteiger partial charge in [0.1, 0.15) is 11.4 Å². The van der Waals surface area contributed by atoms with E-state index in [2.05, 4.69) is 12.2 Å². The lowest BCUT2D eigenvalue weighted by molar-refractivity contribution is -0.116. The number of para-hydroxylation sites is 1. The zero-order valence-corrected chi connectivity index (χ0v) is 17.9. The van der Waals surface area contributed by atoms with E-state index in [9.17, 15) is 4.79 Å². The highest BCUT2D eigenvalue weighted by atomic mass is 32.2. The molecule has 1 atom stereocenters. The molecule has 7 heteroatoms. The van der Waals surface area contributed by atoms with Gasteiger partial charge in [0, 0.05) is 11.0 Å². The molecule has 0 fully saturated rings. The molecule has 30 heavy (non-hydrogen) atoms. The molecule has 0 aliphatic carbocycles. The minimum Gasteiger partial charge on any atom is -0.497 e. The van der Waals surface area contributed by atoms with Gasteiger partial charge in [-0.2, -0.15) is 0 Å². The van der Waals surface area contributed by atoms with Crippen molar-refractivity contribution < 1.29 is 9.53 Å². The number of carbonyl (C=O) groups excluding carboxylic acids is 1.